The highest BCUT2D eigenvalue weighted by Crippen LogP contribution is 2.23. The van der Waals surface area contributed by atoms with Gasteiger partial charge < -0.3 is 23.9 Å². The van der Waals surface area contributed by atoms with Crippen molar-refractivity contribution in [3.63, 3.8) is 0 Å². The molecule has 0 aliphatic heterocycles. The molecular weight excluding hydrogens is 362 g/mol. The molecule has 1 amide bonds. The molecule has 1 aromatic heterocycles. The third kappa shape index (κ3) is 6.21. The molecule has 0 aliphatic carbocycles. The Morgan fingerprint density at radius 3 is 2.25 bits per heavy atom. The largest absolute Gasteiger partial charge is 0.482 e. The highest BCUT2D eigenvalue weighted by Gasteiger charge is 2.09. The van der Waals surface area contributed by atoms with Crippen LogP contribution in [0.3, 0.4) is 0 Å². The molecule has 0 spiro atoms. The van der Waals surface area contributed by atoms with E-state index < -0.39 is 11.9 Å². The Balaban J connectivity index is 1.35. The molecule has 0 atom stereocenters. The van der Waals surface area contributed by atoms with Crippen LogP contribution in [-0.4, -0.2) is 25.1 Å². The molecule has 0 aliphatic rings. The molecule has 0 radical (unpaired) electrons. The van der Waals surface area contributed by atoms with Crippen molar-refractivity contribution in [2.24, 2.45) is 0 Å². The summed E-state index contributed by atoms with van der Waals surface area (Å²) in [6, 6.07) is 19.7. The average Bonchev–Trinajstić information content (AvgIpc) is 3.25. The van der Waals surface area contributed by atoms with Crippen molar-refractivity contribution >= 4 is 11.9 Å². The predicted octanol–water partition coefficient (Wildman–Crippen LogP) is 3.31. The van der Waals surface area contributed by atoms with Crippen molar-refractivity contribution in [2.45, 2.75) is 6.54 Å². The standard InChI is InChI=1S/C21H19NO6/c23-20(22-13-19-7-4-12-25-19)14-27-21(24)15-26-16-8-10-18(11-9-16)28-17-5-2-1-3-6-17/h1-12H,13-15H2,(H,22,23). The molecule has 0 bridgehead atoms. The molecule has 0 fully saturated rings. The summed E-state index contributed by atoms with van der Waals surface area (Å²) in [5.74, 6) is 1.41. The van der Waals surface area contributed by atoms with E-state index in [0.717, 1.165) is 5.75 Å². The van der Waals surface area contributed by atoms with E-state index >= 15 is 0 Å². The Morgan fingerprint density at radius 1 is 0.821 bits per heavy atom. The number of hydrogen-bond donors (Lipinski definition) is 1. The number of hydrogen-bond acceptors (Lipinski definition) is 6. The van der Waals surface area contributed by atoms with Crippen LogP contribution in [0.5, 0.6) is 17.2 Å². The number of nitrogens with one attached hydrogen (secondary N) is 1. The number of rotatable bonds is 9. The first kappa shape index (κ1) is 19.0. The van der Waals surface area contributed by atoms with Crippen molar-refractivity contribution in [2.75, 3.05) is 13.2 Å². The van der Waals surface area contributed by atoms with Gasteiger partial charge >= 0.3 is 5.97 Å². The quantitative estimate of drug-likeness (QED) is 0.572. The minimum Gasteiger partial charge on any atom is -0.482 e. The third-order valence-electron chi connectivity index (χ3n) is 3.56. The predicted molar refractivity (Wildman–Crippen MR) is 100.0 cm³/mol. The molecule has 1 N–H and O–H groups in total. The third-order valence-corrected chi connectivity index (χ3v) is 3.56. The lowest BCUT2D eigenvalue weighted by atomic mass is 10.3. The maximum absolute atomic E-state index is 11.7. The Morgan fingerprint density at radius 2 is 1.54 bits per heavy atom. The molecule has 3 aromatic rings. The number of amides is 1. The lowest BCUT2D eigenvalue weighted by Crippen LogP contribution is -2.29. The molecule has 0 saturated heterocycles. The monoisotopic (exact) mass is 381 g/mol. The molecule has 0 unspecified atom stereocenters. The van der Waals surface area contributed by atoms with Crippen LogP contribution in [0, 0.1) is 0 Å². The molecule has 144 valence electrons. The van der Waals surface area contributed by atoms with Crippen LogP contribution in [-0.2, 0) is 20.9 Å². The van der Waals surface area contributed by atoms with Gasteiger partial charge in [0.25, 0.3) is 5.91 Å². The van der Waals surface area contributed by atoms with Crippen molar-refractivity contribution in [3.8, 4) is 17.2 Å². The van der Waals surface area contributed by atoms with E-state index in [9.17, 15) is 9.59 Å². The number of benzene rings is 2. The molecule has 3 rings (SSSR count). The highest BCUT2D eigenvalue weighted by atomic mass is 16.6. The summed E-state index contributed by atoms with van der Waals surface area (Å²) in [6.45, 7) is -0.450. The van der Waals surface area contributed by atoms with Gasteiger partial charge in [0.15, 0.2) is 13.2 Å². The number of furan rings is 1. The Kier molecular flexibility index (Phi) is 6.67. The van der Waals surface area contributed by atoms with Gasteiger partial charge in [-0.1, -0.05) is 18.2 Å². The number of esters is 1. The summed E-state index contributed by atoms with van der Waals surface area (Å²) >= 11 is 0. The first-order valence-corrected chi connectivity index (χ1v) is 8.59. The molecule has 7 heteroatoms. The fourth-order valence-corrected chi connectivity index (χ4v) is 2.21. The Bertz CT molecular complexity index is 875. The smallest absolute Gasteiger partial charge is 0.344 e. The van der Waals surface area contributed by atoms with Crippen molar-refractivity contribution in [3.05, 3.63) is 78.8 Å². The minimum atomic E-state index is -0.641. The zero-order valence-corrected chi connectivity index (χ0v) is 15.0. The van der Waals surface area contributed by atoms with E-state index in [1.807, 2.05) is 30.3 Å². The zero-order chi connectivity index (χ0) is 19.6. The van der Waals surface area contributed by atoms with Gasteiger partial charge in [-0.3, -0.25) is 4.79 Å². The second kappa shape index (κ2) is 9.82. The number of ether oxygens (including phenoxy) is 3. The van der Waals surface area contributed by atoms with Crippen LogP contribution < -0.4 is 14.8 Å². The first-order valence-electron chi connectivity index (χ1n) is 8.59. The first-order chi connectivity index (χ1) is 13.7. The van der Waals surface area contributed by atoms with Crippen LogP contribution in [0.15, 0.2) is 77.4 Å². The van der Waals surface area contributed by atoms with Gasteiger partial charge in [-0.25, -0.2) is 4.79 Å². The Hall–Kier alpha value is -3.74. The minimum absolute atomic E-state index is 0.233. The molecule has 2 aromatic carbocycles. The van der Waals surface area contributed by atoms with Crippen LogP contribution in [0.2, 0.25) is 0 Å². The second-order valence-electron chi connectivity index (χ2n) is 5.69. The van der Waals surface area contributed by atoms with Crippen LogP contribution in [0.25, 0.3) is 0 Å². The summed E-state index contributed by atoms with van der Waals surface area (Å²) in [6.07, 6.45) is 1.51. The summed E-state index contributed by atoms with van der Waals surface area (Å²) in [4.78, 5) is 23.3. The summed E-state index contributed by atoms with van der Waals surface area (Å²) in [5.41, 5.74) is 0. The highest BCUT2D eigenvalue weighted by molar-refractivity contribution is 5.80. The van der Waals surface area contributed by atoms with Gasteiger partial charge in [-0.15, -0.1) is 0 Å². The van der Waals surface area contributed by atoms with Gasteiger partial charge in [0.1, 0.15) is 23.0 Å². The summed E-state index contributed by atoms with van der Waals surface area (Å²) < 4.78 is 21.0. The molecule has 7 nitrogen and oxygen atoms in total. The van der Waals surface area contributed by atoms with E-state index in [1.54, 1.807) is 36.4 Å². The van der Waals surface area contributed by atoms with Gasteiger partial charge in [-0.2, -0.15) is 0 Å². The van der Waals surface area contributed by atoms with Crippen LogP contribution >= 0.6 is 0 Å². The second-order valence-corrected chi connectivity index (χ2v) is 5.69. The fourth-order valence-electron chi connectivity index (χ4n) is 2.21. The zero-order valence-electron chi connectivity index (χ0n) is 15.0. The number of carbonyl (C=O) groups excluding carboxylic acids is 2. The average molecular weight is 381 g/mol. The maximum Gasteiger partial charge on any atom is 0.344 e. The molecule has 0 saturated carbocycles. The maximum atomic E-state index is 11.7. The van der Waals surface area contributed by atoms with Crippen molar-refractivity contribution < 1.29 is 28.2 Å². The van der Waals surface area contributed by atoms with E-state index in [4.69, 9.17) is 18.6 Å². The normalized spacial score (nSPS) is 10.1. The molecule has 28 heavy (non-hydrogen) atoms. The number of carbonyl (C=O) groups is 2. The molecular formula is C21H19NO6. The Labute approximate surface area is 161 Å². The summed E-state index contributed by atoms with van der Waals surface area (Å²) in [5, 5.41) is 2.58. The van der Waals surface area contributed by atoms with Crippen molar-refractivity contribution in [1.29, 1.82) is 0 Å². The van der Waals surface area contributed by atoms with E-state index in [2.05, 4.69) is 5.32 Å². The van der Waals surface area contributed by atoms with Crippen LogP contribution in [0.4, 0.5) is 0 Å². The fraction of sp³-hybridized carbons (Fsp3) is 0.143. The lowest BCUT2D eigenvalue weighted by Gasteiger charge is -2.09. The van der Waals surface area contributed by atoms with Crippen LogP contribution in [0.1, 0.15) is 5.76 Å². The van der Waals surface area contributed by atoms with Gasteiger partial charge in [0.05, 0.1) is 12.8 Å². The SMILES string of the molecule is O=C(COC(=O)COc1ccc(Oc2ccccc2)cc1)NCc1ccco1. The van der Waals surface area contributed by atoms with Crippen molar-refractivity contribution in [1.82, 2.24) is 5.32 Å². The van der Waals surface area contributed by atoms with E-state index in [1.165, 1.54) is 6.26 Å². The van der Waals surface area contributed by atoms with Gasteiger partial charge in [0.2, 0.25) is 0 Å². The van der Waals surface area contributed by atoms with Gasteiger partial charge in [0, 0.05) is 0 Å². The number of para-hydroxylation sites is 1. The summed E-state index contributed by atoms with van der Waals surface area (Å²) in [7, 11) is 0. The lowest BCUT2D eigenvalue weighted by molar-refractivity contribution is -0.150. The molecule has 1 heterocycles. The van der Waals surface area contributed by atoms with E-state index in [-0.39, 0.29) is 19.8 Å². The van der Waals surface area contributed by atoms with E-state index in [0.29, 0.717) is 17.3 Å². The van der Waals surface area contributed by atoms with Gasteiger partial charge in [-0.05, 0) is 48.5 Å². The topological polar surface area (TPSA) is 87.0 Å².